The van der Waals surface area contributed by atoms with E-state index in [0.29, 0.717) is 22.3 Å². The van der Waals surface area contributed by atoms with Crippen LogP contribution in [0.2, 0.25) is 10.0 Å². The smallest absolute Gasteiger partial charge is 0.270 e. The van der Waals surface area contributed by atoms with Crippen LogP contribution in [0, 0.1) is 0 Å². The molecule has 1 saturated carbocycles. The minimum absolute atomic E-state index is 0.101. The molecule has 2 aromatic rings. The summed E-state index contributed by atoms with van der Waals surface area (Å²) >= 11 is 12.1. The number of carbonyl (C=O) groups is 1. The first-order valence-corrected chi connectivity index (χ1v) is 9.32. The number of pyridine rings is 1. The topological polar surface area (TPSA) is 54.0 Å². The van der Waals surface area contributed by atoms with E-state index in [0.717, 1.165) is 30.5 Å². The third-order valence-electron chi connectivity index (χ3n) is 4.42. The quantitative estimate of drug-likeness (QED) is 0.765. The van der Waals surface area contributed by atoms with Crippen molar-refractivity contribution in [3.05, 3.63) is 57.8 Å². The molecule has 0 atom stereocenters. The van der Waals surface area contributed by atoms with Crippen LogP contribution in [0.5, 0.6) is 0 Å². The van der Waals surface area contributed by atoms with Crippen LogP contribution in [0.3, 0.4) is 0 Å². The van der Waals surface area contributed by atoms with Crippen LogP contribution in [0.4, 0.5) is 5.69 Å². The first kappa shape index (κ1) is 18.0. The summed E-state index contributed by atoms with van der Waals surface area (Å²) < 4.78 is 0. The van der Waals surface area contributed by atoms with Crippen molar-refractivity contribution in [2.75, 3.05) is 11.9 Å². The van der Waals surface area contributed by atoms with E-state index >= 15 is 0 Å². The zero-order valence-corrected chi connectivity index (χ0v) is 15.4. The van der Waals surface area contributed by atoms with E-state index < -0.39 is 0 Å². The summed E-state index contributed by atoms with van der Waals surface area (Å²) in [6.07, 6.45) is 6.92. The predicted octanol–water partition coefficient (Wildman–Crippen LogP) is 4.72. The van der Waals surface area contributed by atoms with Gasteiger partial charge in [0.05, 0.1) is 0 Å². The minimum Gasteiger partial charge on any atom is -0.385 e. The fourth-order valence-corrected chi connectivity index (χ4v) is 3.56. The van der Waals surface area contributed by atoms with E-state index in [1.165, 1.54) is 12.8 Å². The molecule has 0 aliphatic heterocycles. The van der Waals surface area contributed by atoms with Crippen LogP contribution in [-0.4, -0.2) is 23.5 Å². The summed E-state index contributed by atoms with van der Waals surface area (Å²) in [6.45, 7) is 0.703. The van der Waals surface area contributed by atoms with Crippen LogP contribution in [0.15, 0.2) is 36.5 Å². The molecule has 3 rings (SSSR count). The molecular weight excluding hydrogens is 357 g/mol. The van der Waals surface area contributed by atoms with Crippen LogP contribution in [0.25, 0.3) is 0 Å². The average molecular weight is 378 g/mol. The SMILES string of the molecule is O=C(NC1CCCC1)c1cc(NCCc2ccc(Cl)cc2Cl)ccn1. The van der Waals surface area contributed by atoms with E-state index in [9.17, 15) is 4.79 Å². The number of anilines is 1. The zero-order valence-electron chi connectivity index (χ0n) is 13.9. The van der Waals surface area contributed by atoms with Crippen LogP contribution in [-0.2, 0) is 6.42 Å². The Morgan fingerprint density at radius 2 is 1.96 bits per heavy atom. The van der Waals surface area contributed by atoms with Crippen molar-refractivity contribution in [3.8, 4) is 0 Å². The van der Waals surface area contributed by atoms with Crippen molar-refractivity contribution in [3.63, 3.8) is 0 Å². The minimum atomic E-state index is -0.101. The van der Waals surface area contributed by atoms with Crippen molar-refractivity contribution in [2.45, 2.75) is 38.1 Å². The predicted molar refractivity (Wildman–Crippen MR) is 103 cm³/mol. The molecule has 1 fully saturated rings. The standard InChI is InChI=1S/C19H21Cl2N3O/c20-14-6-5-13(17(21)11-14)7-9-22-16-8-10-23-18(12-16)19(25)24-15-3-1-2-4-15/h5-6,8,10-12,15H,1-4,7,9H2,(H,22,23)(H,24,25). The number of nitrogens with one attached hydrogen (secondary N) is 2. The maximum absolute atomic E-state index is 12.3. The Kier molecular flexibility index (Phi) is 6.16. The number of halogens is 2. The summed E-state index contributed by atoms with van der Waals surface area (Å²) in [5.74, 6) is -0.101. The highest BCUT2D eigenvalue weighted by Crippen LogP contribution is 2.21. The van der Waals surface area contributed by atoms with E-state index in [2.05, 4.69) is 15.6 Å². The molecule has 2 N–H and O–H groups in total. The zero-order chi connectivity index (χ0) is 17.6. The molecule has 1 heterocycles. The molecule has 1 aliphatic rings. The number of hydrogen-bond acceptors (Lipinski definition) is 3. The van der Waals surface area contributed by atoms with Gasteiger partial charge in [0.1, 0.15) is 5.69 Å². The monoisotopic (exact) mass is 377 g/mol. The maximum atomic E-state index is 12.3. The van der Waals surface area contributed by atoms with Gasteiger partial charge in [-0.2, -0.15) is 0 Å². The normalized spacial score (nSPS) is 14.5. The Morgan fingerprint density at radius 3 is 2.72 bits per heavy atom. The van der Waals surface area contributed by atoms with Gasteiger partial charge < -0.3 is 10.6 Å². The molecule has 1 aromatic carbocycles. The fraction of sp³-hybridized carbons (Fsp3) is 0.368. The summed E-state index contributed by atoms with van der Waals surface area (Å²) in [4.78, 5) is 16.5. The highest BCUT2D eigenvalue weighted by molar-refractivity contribution is 6.35. The Balaban J connectivity index is 1.55. The van der Waals surface area contributed by atoms with Gasteiger partial charge in [0.25, 0.3) is 5.91 Å². The van der Waals surface area contributed by atoms with E-state index in [4.69, 9.17) is 23.2 Å². The van der Waals surface area contributed by atoms with Crippen molar-refractivity contribution in [2.24, 2.45) is 0 Å². The molecule has 1 aliphatic carbocycles. The Hall–Kier alpha value is -1.78. The Bertz CT molecular complexity index is 745. The second-order valence-corrected chi connectivity index (χ2v) is 7.14. The van der Waals surface area contributed by atoms with E-state index in [-0.39, 0.29) is 11.9 Å². The second-order valence-electron chi connectivity index (χ2n) is 6.30. The molecular formula is C19H21Cl2N3O. The molecule has 25 heavy (non-hydrogen) atoms. The lowest BCUT2D eigenvalue weighted by Gasteiger charge is -2.12. The summed E-state index contributed by atoms with van der Waals surface area (Å²) in [5.41, 5.74) is 2.35. The lowest BCUT2D eigenvalue weighted by atomic mass is 10.1. The van der Waals surface area contributed by atoms with Crippen molar-refractivity contribution >= 4 is 34.8 Å². The van der Waals surface area contributed by atoms with Crippen molar-refractivity contribution in [1.29, 1.82) is 0 Å². The van der Waals surface area contributed by atoms with Crippen molar-refractivity contribution in [1.82, 2.24) is 10.3 Å². The number of rotatable bonds is 6. The second kappa shape index (κ2) is 8.54. The van der Waals surface area contributed by atoms with Crippen LogP contribution >= 0.6 is 23.2 Å². The van der Waals surface area contributed by atoms with Gasteiger partial charge in [-0.3, -0.25) is 9.78 Å². The molecule has 0 spiro atoms. The van der Waals surface area contributed by atoms with Gasteiger partial charge in [-0.25, -0.2) is 0 Å². The molecule has 0 bridgehead atoms. The summed E-state index contributed by atoms with van der Waals surface area (Å²) in [7, 11) is 0. The number of benzene rings is 1. The average Bonchev–Trinajstić information content (AvgIpc) is 3.10. The number of aromatic nitrogens is 1. The third-order valence-corrected chi connectivity index (χ3v) is 5.01. The third kappa shape index (κ3) is 5.10. The lowest BCUT2D eigenvalue weighted by Crippen LogP contribution is -2.33. The van der Waals surface area contributed by atoms with Crippen LogP contribution < -0.4 is 10.6 Å². The molecule has 0 radical (unpaired) electrons. The molecule has 6 heteroatoms. The first-order valence-electron chi connectivity index (χ1n) is 8.56. The highest BCUT2D eigenvalue weighted by atomic mass is 35.5. The molecule has 132 valence electrons. The summed E-state index contributed by atoms with van der Waals surface area (Å²) in [6, 6.07) is 9.44. The number of carbonyl (C=O) groups excluding carboxylic acids is 1. The lowest BCUT2D eigenvalue weighted by molar-refractivity contribution is 0.0933. The first-order chi connectivity index (χ1) is 12.1. The molecule has 1 aromatic heterocycles. The molecule has 0 unspecified atom stereocenters. The number of nitrogens with zero attached hydrogens (tertiary/aromatic N) is 1. The fourth-order valence-electron chi connectivity index (χ4n) is 3.06. The molecule has 0 saturated heterocycles. The maximum Gasteiger partial charge on any atom is 0.270 e. The van der Waals surface area contributed by atoms with Gasteiger partial charge in [0.15, 0.2) is 0 Å². The Labute approximate surface area is 157 Å². The van der Waals surface area contributed by atoms with Gasteiger partial charge >= 0.3 is 0 Å². The van der Waals surface area contributed by atoms with Gasteiger partial charge in [-0.15, -0.1) is 0 Å². The summed E-state index contributed by atoms with van der Waals surface area (Å²) in [5, 5.41) is 7.67. The number of hydrogen-bond donors (Lipinski definition) is 2. The van der Waals surface area contributed by atoms with Gasteiger partial charge in [0, 0.05) is 34.5 Å². The van der Waals surface area contributed by atoms with Gasteiger partial charge in [-0.05, 0) is 49.1 Å². The van der Waals surface area contributed by atoms with Gasteiger partial charge in [0.2, 0.25) is 0 Å². The van der Waals surface area contributed by atoms with Crippen LogP contribution in [0.1, 0.15) is 41.7 Å². The van der Waals surface area contributed by atoms with E-state index in [1.807, 2.05) is 18.2 Å². The number of amides is 1. The highest BCUT2D eigenvalue weighted by Gasteiger charge is 2.18. The molecule has 1 amide bonds. The largest absolute Gasteiger partial charge is 0.385 e. The van der Waals surface area contributed by atoms with Crippen molar-refractivity contribution < 1.29 is 4.79 Å². The van der Waals surface area contributed by atoms with E-state index in [1.54, 1.807) is 18.3 Å². The van der Waals surface area contributed by atoms with Gasteiger partial charge in [-0.1, -0.05) is 42.1 Å². The molecule has 4 nitrogen and oxygen atoms in total. The Morgan fingerprint density at radius 1 is 1.16 bits per heavy atom.